The Morgan fingerprint density at radius 2 is 2.19 bits per heavy atom. The van der Waals surface area contributed by atoms with E-state index in [-0.39, 0.29) is 24.4 Å². The first-order chi connectivity index (χ1) is 10.0. The highest BCUT2D eigenvalue weighted by Gasteiger charge is 2.22. The predicted octanol–water partition coefficient (Wildman–Crippen LogP) is 2.95. The molecule has 0 bridgehead atoms. The lowest BCUT2D eigenvalue weighted by Crippen LogP contribution is -2.13. The number of halogens is 2. The molecule has 5 nitrogen and oxygen atoms in total. The lowest BCUT2D eigenvalue weighted by Gasteiger charge is -2.08. The van der Waals surface area contributed by atoms with E-state index in [1.54, 1.807) is 6.92 Å². The SMILES string of the molecule is CCOC(=O)c1cnc(Cc2csc(C)n2)nc1C(F)F. The first-order valence-corrected chi connectivity index (χ1v) is 7.11. The molecule has 112 valence electrons. The lowest BCUT2D eigenvalue weighted by molar-refractivity contribution is 0.0512. The molecule has 2 aromatic rings. The average molecular weight is 313 g/mol. The zero-order chi connectivity index (χ0) is 15.4. The summed E-state index contributed by atoms with van der Waals surface area (Å²) in [6.45, 7) is 3.55. The summed E-state index contributed by atoms with van der Waals surface area (Å²) < 4.78 is 30.8. The van der Waals surface area contributed by atoms with E-state index in [1.807, 2.05) is 12.3 Å². The fourth-order valence-corrected chi connectivity index (χ4v) is 2.31. The van der Waals surface area contributed by atoms with Crippen LogP contribution in [-0.4, -0.2) is 27.5 Å². The minimum Gasteiger partial charge on any atom is -0.462 e. The molecule has 0 aliphatic rings. The number of nitrogens with zero attached hydrogens (tertiary/aromatic N) is 3. The second-order valence-corrected chi connectivity index (χ2v) is 5.20. The summed E-state index contributed by atoms with van der Waals surface area (Å²) in [4.78, 5) is 23.6. The van der Waals surface area contributed by atoms with Crippen molar-refractivity contribution in [2.45, 2.75) is 26.7 Å². The molecule has 8 heteroatoms. The molecule has 0 saturated heterocycles. The van der Waals surface area contributed by atoms with E-state index in [2.05, 4.69) is 15.0 Å². The number of esters is 1. The number of alkyl halides is 2. The monoisotopic (exact) mass is 313 g/mol. The van der Waals surface area contributed by atoms with Gasteiger partial charge in [-0.2, -0.15) is 0 Å². The molecule has 2 heterocycles. The normalized spacial score (nSPS) is 10.9. The zero-order valence-corrected chi connectivity index (χ0v) is 12.3. The van der Waals surface area contributed by atoms with E-state index in [0.29, 0.717) is 5.69 Å². The smallest absolute Gasteiger partial charge is 0.341 e. The Bertz CT molecular complexity index is 646. The number of thiazole rings is 1. The van der Waals surface area contributed by atoms with Crippen LogP contribution >= 0.6 is 11.3 Å². The highest BCUT2D eigenvalue weighted by Crippen LogP contribution is 2.22. The molecule has 2 aromatic heterocycles. The number of ether oxygens (including phenoxy) is 1. The Hall–Kier alpha value is -1.96. The zero-order valence-electron chi connectivity index (χ0n) is 11.5. The van der Waals surface area contributed by atoms with E-state index >= 15 is 0 Å². The van der Waals surface area contributed by atoms with Gasteiger partial charge in [-0.25, -0.2) is 28.5 Å². The van der Waals surface area contributed by atoms with Crippen molar-refractivity contribution in [3.05, 3.63) is 39.4 Å². The molecular weight excluding hydrogens is 300 g/mol. The first-order valence-electron chi connectivity index (χ1n) is 6.23. The second kappa shape index (κ2) is 6.66. The van der Waals surface area contributed by atoms with Crippen molar-refractivity contribution in [1.82, 2.24) is 15.0 Å². The maximum Gasteiger partial charge on any atom is 0.341 e. The van der Waals surface area contributed by atoms with Crippen LogP contribution in [0.3, 0.4) is 0 Å². The van der Waals surface area contributed by atoms with Crippen LogP contribution in [0, 0.1) is 6.92 Å². The van der Waals surface area contributed by atoms with E-state index in [1.165, 1.54) is 11.3 Å². The molecule has 0 aliphatic heterocycles. The minimum atomic E-state index is -2.87. The summed E-state index contributed by atoms with van der Waals surface area (Å²) in [6.07, 6.45) is -1.54. The van der Waals surface area contributed by atoms with Crippen molar-refractivity contribution >= 4 is 17.3 Å². The standard InChI is InChI=1S/C13H13F2N3O2S/c1-3-20-13(19)9-5-16-10(18-11(9)12(14)15)4-8-6-21-7(2)17-8/h5-6,12H,3-4H2,1-2H3. The van der Waals surface area contributed by atoms with Crippen LogP contribution in [0.5, 0.6) is 0 Å². The van der Waals surface area contributed by atoms with Gasteiger partial charge in [-0.15, -0.1) is 11.3 Å². The number of rotatable bonds is 5. The second-order valence-electron chi connectivity index (χ2n) is 4.14. The maximum atomic E-state index is 13.0. The highest BCUT2D eigenvalue weighted by molar-refractivity contribution is 7.09. The third kappa shape index (κ3) is 3.78. The maximum absolute atomic E-state index is 13.0. The van der Waals surface area contributed by atoms with Gasteiger partial charge < -0.3 is 4.74 Å². The van der Waals surface area contributed by atoms with E-state index < -0.39 is 18.1 Å². The molecule has 21 heavy (non-hydrogen) atoms. The number of carbonyl (C=O) groups is 1. The summed E-state index contributed by atoms with van der Waals surface area (Å²) in [5, 5.41) is 2.70. The number of aromatic nitrogens is 3. The number of hydrogen-bond donors (Lipinski definition) is 0. The van der Waals surface area contributed by atoms with Crippen LogP contribution in [0.2, 0.25) is 0 Å². The van der Waals surface area contributed by atoms with Crippen molar-refractivity contribution in [2.24, 2.45) is 0 Å². The van der Waals surface area contributed by atoms with Crippen LogP contribution in [0.15, 0.2) is 11.6 Å². The molecule has 0 aromatic carbocycles. The fraction of sp³-hybridized carbons (Fsp3) is 0.385. The van der Waals surface area contributed by atoms with Crippen molar-refractivity contribution in [3.8, 4) is 0 Å². The Labute approximate surface area is 124 Å². The molecule has 0 saturated carbocycles. The number of hydrogen-bond acceptors (Lipinski definition) is 6. The largest absolute Gasteiger partial charge is 0.462 e. The van der Waals surface area contributed by atoms with Gasteiger partial charge in [0.05, 0.1) is 23.7 Å². The van der Waals surface area contributed by atoms with E-state index in [9.17, 15) is 13.6 Å². The molecule has 0 radical (unpaired) electrons. The van der Waals surface area contributed by atoms with Crippen molar-refractivity contribution in [1.29, 1.82) is 0 Å². The van der Waals surface area contributed by atoms with Crippen molar-refractivity contribution < 1.29 is 18.3 Å². The van der Waals surface area contributed by atoms with E-state index in [4.69, 9.17) is 4.74 Å². The van der Waals surface area contributed by atoms with Crippen molar-refractivity contribution in [3.63, 3.8) is 0 Å². The molecule has 0 N–H and O–H groups in total. The summed E-state index contributed by atoms with van der Waals surface area (Å²) in [7, 11) is 0. The highest BCUT2D eigenvalue weighted by atomic mass is 32.1. The Kier molecular flexibility index (Phi) is 4.89. The van der Waals surface area contributed by atoms with Gasteiger partial charge in [0.25, 0.3) is 6.43 Å². The van der Waals surface area contributed by atoms with Crippen molar-refractivity contribution in [2.75, 3.05) is 6.61 Å². The van der Waals surface area contributed by atoms with Gasteiger partial charge in [0, 0.05) is 11.6 Å². The van der Waals surface area contributed by atoms with Gasteiger partial charge in [0.15, 0.2) is 0 Å². The van der Waals surface area contributed by atoms with Crippen LogP contribution in [-0.2, 0) is 11.2 Å². The van der Waals surface area contributed by atoms with Crippen LogP contribution in [0.4, 0.5) is 8.78 Å². The van der Waals surface area contributed by atoms with Crippen LogP contribution in [0.1, 0.15) is 45.9 Å². The Morgan fingerprint density at radius 1 is 1.43 bits per heavy atom. The van der Waals surface area contributed by atoms with Gasteiger partial charge in [-0.05, 0) is 13.8 Å². The molecule has 0 aliphatic carbocycles. The fourth-order valence-electron chi connectivity index (χ4n) is 1.70. The average Bonchev–Trinajstić information content (AvgIpc) is 2.84. The third-order valence-corrected chi connectivity index (χ3v) is 3.40. The minimum absolute atomic E-state index is 0.0986. The van der Waals surface area contributed by atoms with Gasteiger partial charge in [-0.3, -0.25) is 0 Å². The Balaban J connectivity index is 2.29. The number of carbonyl (C=O) groups excluding carboxylic acids is 1. The lowest BCUT2D eigenvalue weighted by atomic mass is 10.2. The first kappa shape index (κ1) is 15.4. The van der Waals surface area contributed by atoms with Crippen LogP contribution in [0.25, 0.3) is 0 Å². The molecule has 2 rings (SSSR count). The quantitative estimate of drug-likeness (QED) is 0.794. The number of aryl methyl sites for hydroxylation is 1. The molecular formula is C13H13F2N3O2S. The molecule has 0 spiro atoms. The Morgan fingerprint density at radius 3 is 2.76 bits per heavy atom. The summed E-state index contributed by atoms with van der Waals surface area (Å²) >= 11 is 1.46. The molecule has 0 fully saturated rings. The molecule has 0 unspecified atom stereocenters. The predicted molar refractivity (Wildman–Crippen MR) is 72.6 cm³/mol. The van der Waals surface area contributed by atoms with E-state index in [0.717, 1.165) is 11.2 Å². The topological polar surface area (TPSA) is 65.0 Å². The van der Waals surface area contributed by atoms with Gasteiger partial charge in [0.2, 0.25) is 0 Å². The van der Waals surface area contributed by atoms with Gasteiger partial charge in [-0.1, -0.05) is 0 Å². The van der Waals surface area contributed by atoms with Gasteiger partial charge >= 0.3 is 5.97 Å². The van der Waals surface area contributed by atoms with Gasteiger partial charge in [0.1, 0.15) is 17.1 Å². The molecule has 0 atom stereocenters. The molecule has 0 amide bonds. The van der Waals surface area contributed by atoms with Crippen LogP contribution < -0.4 is 0 Å². The summed E-state index contributed by atoms with van der Waals surface area (Å²) in [5.74, 6) is -0.646. The third-order valence-electron chi connectivity index (χ3n) is 2.58. The summed E-state index contributed by atoms with van der Waals surface area (Å²) in [6, 6.07) is 0. The summed E-state index contributed by atoms with van der Waals surface area (Å²) in [5.41, 5.74) is -0.197.